The Morgan fingerprint density at radius 3 is 2.61 bits per heavy atom. The minimum Gasteiger partial charge on any atom is -0.481 e. The van der Waals surface area contributed by atoms with Crippen molar-refractivity contribution >= 4 is 5.97 Å². The number of hydrogen-bond donors (Lipinski definition) is 1. The first kappa shape index (κ1) is 14.5. The summed E-state index contributed by atoms with van der Waals surface area (Å²) in [7, 11) is 0. The molecule has 1 aromatic carbocycles. The molecule has 18 heavy (non-hydrogen) atoms. The minimum absolute atomic E-state index is 0.219. The number of aryl methyl sites for hydroxylation is 1. The fraction of sp³-hybridized carbons (Fsp3) is 0.438. The van der Waals surface area contributed by atoms with Crippen molar-refractivity contribution in [2.45, 2.75) is 39.0 Å². The summed E-state index contributed by atoms with van der Waals surface area (Å²) < 4.78 is 0. The van der Waals surface area contributed by atoms with Crippen LogP contribution in [0.1, 0.15) is 38.2 Å². The van der Waals surface area contributed by atoms with Gasteiger partial charge in [-0.05, 0) is 31.2 Å². The molecule has 0 fully saturated rings. The summed E-state index contributed by atoms with van der Waals surface area (Å²) in [5.74, 6) is -0.896. The maximum absolute atomic E-state index is 10.9. The first-order chi connectivity index (χ1) is 8.74. The zero-order chi connectivity index (χ0) is 13.2. The predicted octanol–water partition coefficient (Wildman–Crippen LogP) is 4.07. The molecule has 0 bridgehead atoms. The average molecular weight is 246 g/mol. The van der Waals surface area contributed by atoms with Crippen LogP contribution in [-0.2, 0) is 11.2 Å². The highest BCUT2D eigenvalue weighted by atomic mass is 16.4. The van der Waals surface area contributed by atoms with Gasteiger partial charge in [-0.1, -0.05) is 55.8 Å². The zero-order valence-corrected chi connectivity index (χ0v) is 11.0. The Balaban J connectivity index is 2.26. The number of aliphatic carboxylic acids is 1. The number of rotatable bonds is 8. The second kappa shape index (κ2) is 8.51. The normalized spacial score (nSPS) is 12.7. The van der Waals surface area contributed by atoms with Gasteiger partial charge in [0.25, 0.3) is 0 Å². The summed E-state index contributed by atoms with van der Waals surface area (Å²) in [6.45, 7) is 2.02. The van der Waals surface area contributed by atoms with Crippen LogP contribution in [0.4, 0.5) is 0 Å². The molecule has 0 aromatic heterocycles. The molecule has 1 aromatic rings. The van der Waals surface area contributed by atoms with E-state index in [0.29, 0.717) is 6.42 Å². The molecule has 0 saturated heterocycles. The number of hydrogen-bond acceptors (Lipinski definition) is 1. The topological polar surface area (TPSA) is 37.3 Å². The SMILES string of the molecule is CCCC(C/C=C/CCc1ccccc1)C(=O)O. The van der Waals surface area contributed by atoms with Crippen molar-refractivity contribution in [3.63, 3.8) is 0 Å². The maximum atomic E-state index is 10.9. The van der Waals surface area contributed by atoms with Crippen molar-refractivity contribution in [2.75, 3.05) is 0 Å². The third kappa shape index (κ3) is 5.67. The van der Waals surface area contributed by atoms with Crippen molar-refractivity contribution in [1.29, 1.82) is 0 Å². The Hall–Kier alpha value is -1.57. The van der Waals surface area contributed by atoms with E-state index < -0.39 is 5.97 Å². The van der Waals surface area contributed by atoms with Crippen LogP contribution in [0.15, 0.2) is 42.5 Å². The van der Waals surface area contributed by atoms with Crippen molar-refractivity contribution in [3.8, 4) is 0 Å². The molecule has 2 heteroatoms. The fourth-order valence-electron chi connectivity index (χ4n) is 1.96. The highest BCUT2D eigenvalue weighted by Gasteiger charge is 2.13. The first-order valence-electron chi connectivity index (χ1n) is 6.65. The van der Waals surface area contributed by atoms with E-state index in [-0.39, 0.29) is 5.92 Å². The predicted molar refractivity (Wildman–Crippen MR) is 74.6 cm³/mol. The largest absolute Gasteiger partial charge is 0.481 e. The summed E-state index contributed by atoms with van der Waals surface area (Å²) in [4.78, 5) is 10.9. The van der Waals surface area contributed by atoms with Gasteiger partial charge in [0.15, 0.2) is 0 Å². The number of allylic oxidation sites excluding steroid dienone is 2. The maximum Gasteiger partial charge on any atom is 0.306 e. The third-order valence-electron chi connectivity index (χ3n) is 3.02. The van der Waals surface area contributed by atoms with Crippen LogP contribution in [0.3, 0.4) is 0 Å². The van der Waals surface area contributed by atoms with Gasteiger partial charge in [-0.25, -0.2) is 0 Å². The fourth-order valence-corrected chi connectivity index (χ4v) is 1.96. The smallest absolute Gasteiger partial charge is 0.306 e. The Morgan fingerprint density at radius 1 is 1.28 bits per heavy atom. The lowest BCUT2D eigenvalue weighted by Crippen LogP contribution is -2.12. The first-order valence-corrected chi connectivity index (χ1v) is 6.65. The number of carboxylic acids is 1. The molecule has 0 aliphatic rings. The van der Waals surface area contributed by atoms with Crippen LogP contribution >= 0.6 is 0 Å². The van der Waals surface area contributed by atoms with Crippen LogP contribution in [0.5, 0.6) is 0 Å². The molecule has 98 valence electrons. The van der Waals surface area contributed by atoms with E-state index in [1.165, 1.54) is 5.56 Å². The van der Waals surface area contributed by atoms with Gasteiger partial charge in [0, 0.05) is 0 Å². The molecular formula is C16H22O2. The van der Waals surface area contributed by atoms with E-state index >= 15 is 0 Å². The summed E-state index contributed by atoms with van der Waals surface area (Å²) in [6, 6.07) is 10.3. The Bertz CT molecular complexity index is 368. The van der Waals surface area contributed by atoms with Gasteiger partial charge in [0.1, 0.15) is 0 Å². The molecule has 1 unspecified atom stereocenters. The van der Waals surface area contributed by atoms with E-state index in [2.05, 4.69) is 18.2 Å². The lowest BCUT2D eigenvalue weighted by atomic mass is 9.99. The Morgan fingerprint density at radius 2 is 2.00 bits per heavy atom. The van der Waals surface area contributed by atoms with Crippen molar-refractivity contribution in [3.05, 3.63) is 48.0 Å². The van der Waals surface area contributed by atoms with Crippen molar-refractivity contribution < 1.29 is 9.90 Å². The summed E-state index contributed by atoms with van der Waals surface area (Å²) in [5.41, 5.74) is 1.32. The third-order valence-corrected chi connectivity index (χ3v) is 3.02. The summed E-state index contributed by atoms with van der Waals surface area (Å²) in [5, 5.41) is 9.01. The summed E-state index contributed by atoms with van der Waals surface area (Å²) in [6.07, 6.45) is 8.44. The Kier molecular flexibility index (Phi) is 6.85. The van der Waals surface area contributed by atoms with Gasteiger partial charge in [0.2, 0.25) is 0 Å². The van der Waals surface area contributed by atoms with Gasteiger partial charge in [-0.15, -0.1) is 0 Å². The molecule has 0 heterocycles. The molecule has 0 aliphatic carbocycles. The molecule has 0 spiro atoms. The Labute approximate surface area is 109 Å². The van der Waals surface area contributed by atoms with Crippen LogP contribution in [-0.4, -0.2) is 11.1 Å². The van der Waals surface area contributed by atoms with Crippen molar-refractivity contribution in [2.24, 2.45) is 5.92 Å². The monoisotopic (exact) mass is 246 g/mol. The quantitative estimate of drug-likeness (QED) is 0.702. The van der Waals surface area contributed by atoms with E-state index in [1.807, 2.05) is 31.2 Å². The van der Waals surface area contributed by atoms with Gasteiger partial charge < -0.3 is 5.11 Å². The number of carboxylic acid groups (broad SMARTS) is 1. The zero-order valence-electron chi connectivity index (χ0n) is 11.0. The standard InChI is InChI=1S/C16H22O2/c1-2-9-15(16(17)18)13-8-4-7-12-14-10-5-3-6-11-14/h3-6,8,10-11,15H,2,7,9,12-13H2,1H3,(H,17,18)/b8-4+. The highest BCUT2D eigenvalue weighted by molar-refractivity contribution is 5.70. The van der Waals surface area contributed by atoms with Gasteiger partial charge in [-0.2, -0.15) is 0 Å². The van der Waals surface area contributed by atoms with Crippen LogP contribution in [0.2, 0.25) is 0 Å². The average Bonchev–Trinajstić information content (AvgIpc) is 2.38. The second-order valence-electron chi connectivity index (χ2n) is 4.56. The van der Waals surface area contributed by atoms with Crippen LogP contribution in [0.25, 0.3) is 0 Å². The molecule has 1 rings (SSSR count). The van der Waals surface area contributed by atoms with Gasteiger partial charge >= 0.3 is 5.97 Å². The number of carbonyl (C=O) groups is 1. The molecule has 1 atom stereocenters. The molecule has 0 aliphatic heterocycles. The molecule has 2 nitrogen and oxygen atoms in total. The van der Waals surface area contributed by atoms with E-state index in [9.17, 15) is 4.79 Å². The van der Waals surface area contributed by atoms with Gasteiger partial charge in [0.05, 0.1) is 5.92 Å². The molecular weight excluding hydrogens is 224 g/mol. The molecule has 0 radical (unpaired) electrons. The van der Waals surface area contributed by atoms with Crippen LogP contribution in [0, 0.1) is 5.92 Å². The second-order valence-corrected chi connectivity index (χ2v) is 4.56. The number of benzene rings is 1. The lowest BCUT2D eigenvalue weighted by Gasteiger charge is -2.07. The summed E-state index contributed by atoms with van der Waals surface area (Å²) >= 11 is 0. The van der Waals surface area contributed by atoms with Gasteiger partial charge in [-0.3, -0.25) is 4.79 Å². The molecule has 0 saturated carbocycles. The van der Waals surface area contributed by atoms with E-state index in [4.69, 9.17) is 5.11 Å². The van der Waals surface area contributed by atoms with Crippen LogP contribution < -0.4 is 0 Å². The lowest BCUT2D eigenvalue weighted by molar-refractivity contribution is -0.141. The molecule has 1 N–H and O–H groups in total. The van der Waals surface area contributed by atoms with E-state index in [1.54, 1.807) is 0 Å². The minimum atomic E-state index is -0.676. The van der Waals surface area contributed by atoms with E-state index in [0.717, 1.165) is 25.7 Å². The molecule has 0 amide bonds. The van der Waals surface area contributed by atoms with Crippen molar-refractivity contribution in [1.82, 2.24) is 0 Å². The highest BCUT2D eigenvalue weighted by Crippen LogP contribution is 2.12.